The van der Waals surface area contributed by atoms with Gasteiger partial charge in [-0.2, -0.15) is 11.8 Å². The minimum absolute atomic E-state index is 0.242. The molecule has 1 aliphatic rings. The second-order valence-corrected chi connectivity index (χ2v) is 7.60. The number of hydrogen-bond acceptors (Lipinski definition) is 6. The van der Waals surface area contributed by atoms with Crippen molar-refractivity contribution in [2.45, 2.75) is 18.9 Å². The lowest BCUT2D eigenvalue weighted by Gasteiger charge is -2.23. The maximum Gasteiger partial charge on any atom is 0.330 e. The van der Waals surface area contributed by atoms with Gasteiger partial charge in [0.15, 0.2) is 0 Å². The summed E-state index contributed by atoms with van der Waals surface area (Å²) in [7, 11) is 0. The first-order valence-corrected chi connectivity index (χ1v) is 9.90. The summed E-state index contributed by atoms with van der Waals surface area (Å²) < 4.78 is 5.41. The molecule has 1 amide bonds. The Hall–Kier alpha value is -2.06. The maximum atomic E-state index is 12.4. The molecule has 1 aromatic carbocycles. The molecule has 6 nitrogen and oxygen atoms in total. The SMILES string of the molecule is CCOc1ccc(-c2nc(C(=O)NC3(C(=O)O)CCSC3)cs2)cc1. The zero-order valence-electron chi connectivity index (χ0n) is 13.7. The number of rotatable bonds is 6. The molecule has 8 heteroatoms. The van der Waals surface area contributed by atoms with Crippen molar-refractivity contribution in [2.75, 3.05) is 18.1 Å². The van der Waals surface area contributed by atoms with Crippen LogP contribution in [-0.2, 0) is 4.79 Å². The first-order chi connectivity index (χ1) is 12.0. The van der Waals surface area contributed by atoms with E-state index in [1.54, 1.807) is 5.38 Å². The highest BCUT2D eigenvalue weighted by Gasteiger charge is 2.43. The minimum atomic E-state index is -1.19. The van der Waals surface area contributed by atoms with Crippen molar-refractivity contribution in [3.63, 3.8) is 0 Å². The first-order valence-electron chi connectivity index (χ1n) is 7.86. The van der Waals surface area contributed by atoms with Crippen LogP contribution in [0.3, 0.4) is 0 Å². The Labute approximate surface area is 153 Å². The van der Waals surface area contributed by atoms with E-state index in [0.29, 0.717) is 23.8 Å². The highest BCUT2D eigenvalue weighted by molar-refractivity contribution is 7.99. The molecule has 1 atom stereocenters. The number of carboxylic acids is 1. The van der Waals surface area contributed by atoms with Gasteiger partial charge in [-0.3, -0.25) is 4.79 Å². The van der Waals surface area contributed by atoms with Crippen LogP contribution in [0.25, 0.3) is 10.6 Å². The number of nitrogens with zero attached hydrogens (tertiary/aromatic N) is 1. The monoisotopic (exact) mass is 378 g/mol. The Morgan fingerprint density at radius 1 is 1.36 bits per heavy atom. The van der Waals surface area contributed by atoms with Crippen LogP contribution in [0.5, 0.6) is 5.75 Å². The fourth-order valence-corrected chi connectivity index (χ4v) is 4.67. The van der Waals surface area contributed by atoms with E-state index in [2.05, 4.69) is 10.3 Å². The second-order valence-electron chi connectivity index (χ2n) is 5.64. The van der Waals surface area contributed by atoms with E-state index in [1.807, 2.05) is 31.2 Å². The van der Waals surface area contributed by atoms with Crippen molar-refractivity contribution in [1.82, 2.24) is 10.3 Å². The number of hydrogen-bond donors (Lipinski definition) is 2. The van der Waals surface area contributed by atoms with Gasteiger partial charge < -0.3 is 15.2 Å². The van der Waals surface area contributed by atoms with E-state index in [0.717, 1.165) is 17.1 Å². The van der Waals surface area contributed by atoms with Crippen molar-refractivity contribution in [1.29, 1.82) is 0 Å². The Morgan fingerprint density at radius 2 is 2.12 bits per heavy atom. The quantitative estimate of drug-likeness (QED) is 0.803. The number of carbonyl (C=O) groups excluding carboxylic acids is 1. The lowest BCUT2D eigenvalue weighted by Crippen LogP contribution is -2.54. The molecule has 0 saturated carbocycles. The molecular weight excluding hydrogens is 360 g/mol. The standard InChI is InChI=1S/C17H18N2O4S2/c1-2-23-12-5-3-11(4-6-12)15-18-13(9-25-15)14(20)19-17(16(21)22)7-8-24-10-17/h3-6,9H,2,7-8,10H2,1H3,(H,19,20)(H,21,22). The molecule has 0 bridgehead atoms. The minimum Gasteiger partial charge on any atom is -0.494 e. The molecule has 0 aliphatic carbocycles. The van der Waals surface area contributed by atoms with Crippen molar-refractivity contribution < 1.29 is 19.4 Å². The van der Waals surface area contributed by atoms with E-state index < -0.39 is 17.4 Å². The van der Waals surface area contributed by atoms with E-state index in [4.69, 9.17) is 4.74 Å². The zero-order valence-corrected chi connectivity index (χ0v) is 15.3. The van der Waals surface area contributed by atoms with Gasteiger partial charge in [0.25, 0.3) is 5.91 Å². The lowest BCUT2D eigenvalue weighted by atomic mass is 9.99. The molecule has 2 heterocycles. The normalized spacial score (nSPS) is 19.6. The van der Waals surface area contributed by atoms with Crippen LogP contribution in [0.2, 0.25) is 0 Å². The van der Waals surface area contributed by atoms with Crippen molar-refractivity contribution >= 4 is 35.0 Å². The average molecular weight is 378 g/mol. The van der Waals surface area contributed by atoms with Gasteiger partial charge in [0.05, 0.1) is 6.61 Å². The predicted octanol–water partition coefficient (Wildman–Crippen LogP) is 2.90. The summed E-state index contributed by atoms with van der Waals surface area (Å²) in [6.07, 6.45) is 0.425. The molecule has 1 saturated heterocycles. The Bertz CT molecular complexity index is 767. The molecule has 0 spiro atoms. The molecule has 1 aliphatic heterocycles. The number of nitrogens with one attached hydrogen (secondary N) is 1. The molecule has 2 N–H and O–H groups in total. The van der Waals surface area contributed by atoms with Crippen LogP contribution in [0.15, 0.2) is 29.6 Å². The summed E-state index contributed by atoms with van der Waals surface area (Å²) in [5.74, 6) is 0.444. The summed E-state index contributed by atoms with van der Waals surface area (Å²) in [5.41, 5.74) is -0.0618. The van der Waals surface area contributed by atoms with Crippen LogP contribution in [0.1, 0.15) is 23.8 Å². The molecule has 1 aromatic heterocycles. The van der Waals surface area contributed by atoms with Gasteiger partial charge in [-0.05, 0) is 43.4 Å². The van der Waals surface area contributed by atoms with Crippen LogP contribution in [-0.4, -0.2) is 45.6 Å². The Kier molecular flexibility index (Phi) is 5.29. The zero-order chi connectivity index (χ0) is 17.9. The van der Waals surface area contributed by atoms with Crippen molar-refractivity contribution in [3.05, 3.63) is 35.3 Å². The van der Waals surface area contributed by atoms with Gasteiger partial charge in [0.2, 0.25) is 0 Å². The third kappa shape index (κ3) is 3.80. The Balaban J connectivity index is 1.74. The maximum absolute atomic E-state index is 12.4. The van der Waals surface area contributed by atoms with Crippen molar-refractivity contribution in [2.24, 2.45) is 0 Å². The number of benzene rings is 1. The number of carboxylic acid groups (broad SMARTS) is 1. The number of amides is 1. The topological polar surface area (TPSA) is 88.5 Å². The van der Waals surface area contributed by atoms with Gasteiger partial charge in [-0.15, -0.1) is 11.3 Å². The van der Waals surface area contributed by atoms with E-state index >= 15 is 0 Å². The molecule has 25 heavy (non-hydrogen) atoms. The number of aromatic nitrogens is 1. The average Bonchev–Trinajstić information content (AvgIpc) is 3.26. The van der Waals surface area contributed by atoms with Gasteiger partial charge >= 0.3 is 5.97 Å². The first kappa shape index (κ1) is 17.8. The lowest BCUT2D eigenvalue weighted by molar-refractivity contribution is -0.143. The summed E-state index contributed by atoms with van der Waals surface area (Å²) in [5, 5.41) is 14.5. The highest BCUT2D eigenvalue weighted by atomic mass is 32.2. The predicted molar refractivity (Wildman–Crippen MR) is 98.5 cm³/mol. The third-order valence-corrected chi connectivity index (χ3v) is 6.01. The number of ether oxygens (including phenoxy) is 1. The van der Waals surface area contributed by atoms with Crippen LogP contribution in [0.4, 0.5) is 0 Å². The molecule has 1 unspecified atom stereocenters. The van der Waals surface area contributed by atoms with E-state index in [-0.39, 0.29) is 5.69 Å². The van der Waals surface area contributed by atoms with Crippen LogP contribution in [0, 0.1) is 0 Å². The van der Waals surface area contributed by atoms with Gasteiger partial charge in [0, 0.05) is 16.7 Å². The third-order valence-electron chi connectivity index (χ3n) is 3.93. The van der Waals surface area contributed by atoms with Gasteiger partial charge in [-0.25, -0.2) is 9.78 Å². The summed E-state index contributed by atoms with van der Waals surface area (Å²) >= 11 is 2.88. The largest absolute Gasteiger partial charge is 0.494 e. The number of aliphatic carboxylic acids is 1. The molecule has 2 aromatic rings. The molecular formula is C17H18N2O4S2. The van der Waals surface area contributed by atoms with Gasteiger partial charge in [0.1, 0.15) is 22.0 Å². The number of carbonyl (C=O) groups is 2. The fourth-order valence-electron chi connectivity index (χ4n) is 2.54. The van der Waals surface area contributed by atoms with Crippen LogP contribution < -0.4 is 10.1 Å². The van der Waals surface area contributed by atoms with Crippen molar-refractivity contribution in [3.8, 4) is 16.3 Å². The molecule has 1 fully saturated rings. The Morgan fingerprint density at radius 3 is 2.72 bits per heavy atom. The fraction of sp³-hybridized carbons (Fsp3) is 0.353. The smallest absolute Gasteiger partial charge is 0.330 e. The summed E-state index contributed by atoms with van der Waals surface area (Å²) in [6.45, 7) is 2.52. The number of thiazole rings is 1. The molecule has 0 radical (unpaired) electrons. The van der Waals surface area contributed by atoms with E-state index in [1.165, 1.54) is 23.1 Å². The number of thioether (sulfide) groups is 1. The molecule has 132 valence electrons. The highest BCUT2D eigenvalue weighted by Crippen LogP contribution is 2.30. The van der Waals surface area contributed by atoms with E-state index in [9.17, 15) is 14.7 Å². The van der Waals surface area contributed by atoms with Crippen LogP contribution >= 0.6 is 23.1 Å². The van der Waals surface area contributed by atoms with Gasteiger partial charge in [-0.1, -0.05) is 0 Å². The second kappa shape index (κ2) is 7.45. The summed E-state index contributed by atoms with van der Waals surface area (Å²) in [4.78, 5) is 28.3. The molecule has 3 rings (SSSR count). The summed E-state index contributed by atoms with van der Waals surface area (Å²) in [6, 6.07) is 7.49.